The van der Waals surface area contributed by atoms with Crippen LogP contribution in [0.3, 0.4) is 0 Å². The summed E-state index contributed by atoms with van der Waals surface area (Å²) in [5, 5.41) is 3.14. The van der Waals surface area contributed by atoms with Crippen molar-refractivity contribution < 1.29 is 0 Å². The van der Waals surface area contributed by atoms with E-state index in [1.54, 1.807) is 0 Å². The number of rotatable bonds is 2. The molecule has 0 unspecified atom stereocenters. The predicted molar refractivity (Wildman–Crippen MR) is 76.4 cm³/mol. The van der Waals surface area contributed by atoms with Gasteiger partial charge in [0.2, 0.25) is 0 Å². The Morgan fingerprint density at radius 1 is 1.20 bits per heavy atom. The van der Waals surface area contributed by atoms with E-state index in [9.17, 15) is 0 Å². The van der Waals surface area contributed by atoms with Gasteiger partial charge in [-0.25, -0.2) is 0 Å². The minimum absolute atomic E-state index is 0.431. The molecule has 0 fully saturated rings. The van der Waals surface area contributed by atoms with Gasteiger partial charge in [0.05, 0.1) is 17.1 Å². The molecule has 0 aliphatic heterocycles. The first-order valence-corrected chi connectivity index (χ1v) is 6.04. The lowest BCUT2D eigenvalue weighted by atomic mass is 9.96. The topological polar surface area (TPSA) is 64.1 Å². The second kappa shape index (κ2) is 4.47. The van der Waals surface area contributed by atoms with Gasteiger partial charge >= 0.3 is 0 Å². The van der Waals surface area contributed by atoms with Crippen LogP contribution < -0.4 is 16.8 Å². The Morgan fingerprint density at radius 3 is 2.13 bits per heavy atom. The monoisotopic (exact) mass is 319 g/mol. The summed E-state index contributed by atoms with van der Waals surface area (Å²) in [5.41, 5.74) is 16.6. The van der Waals surface area contributed by atoms with E-state index >= 15 is 0 Å². The second-order valence-corrected chi connectivity index (χ2v) is 5.04. The molecule has 0 saturated carbocycles. The molecule has 0 radical (unpaired) electrons. The van der Waals surface area contributed by atoms with E-state index < -0.39 is 0 Å². The molecular weight excluding hydrogens is 301 g/mol. The van der Waals surface area contributed by atoms with Crippen molar-refractivity contribution in [3.05, 3.63) is 14.7 Å². The van der Waals surface area contributed by atoms with Crippen molar-refractivity contribution in [2.24, 2.45) is 0 Å². The maximum Gasteiger partial charge on any atom is 0.0789 e. The normalized spacial score (nSPS) is 10.8. The molecule has 1 aromatic carbocycles. The fourth-order valence-corrected chi connectivity index (χ4v) is 2.91. The molecule has 0 atom stereocenters. The van der Waals surface area contributed by atoms with E-state index in [2.05, 4.69) is 41.8 Å². The molecule has 0 aromatic heterocycles. The van der Waals surface area contributed by atoms with Crippen LogP contribution in [0.1, 0.15) is 30.9 Å². The Kier molecular flexibility index (Phi) is 3.70. The zero-order valence-electron chi connectivity index (χ0n) is 9.61. The lowest BCUT2D eigenvalue weighted by Crippen LogP contribution is -2.09. The van der Waals surface area contributed by atoms with Gasteiger partial charge in [0, 0.05) is 10.6 Å². The minimum atomic E-state index is 0.431. The molecule has 84 valence electrons. The van der Waals surface area contributed by atoms with Crippen LogP contribution in [0.15, 0.2) is 0 Å². The number of hydrogen-bond donors (Lipinski definition) is 3. The number of hydrogen-bond acceptors (Lipinski definition) is 3. The lowest BCUT2D eigenvalue weighted by molar-refractivity contribution is 0.860. The summed E-state index contributed by atoms with van der Waals surface area (Å²) in [6.07, 6.45) is 0. The third-order valence-corrected chi connectivity index (χ3v) is 4.02. The molecule has 1 aromatic rings. The Bertz CT molecular complexity index is 386. The van der Waals surface area contributed by atoms with Crippen molar-refractivity contribution in [2.75, 3.05) is 23.8 Å². The summed E-state index contributed by atoms with van der Waals surface area (Å²) in [5.74, 6) is 0.431. The van der Waals surface area contributed by atoms with E-state index in [4.69, 9.17) is 11.5 Å². The van der Waals surface area contributed by atoms with Crippen molar-refractivity contribution in [1.82, 2.24) is 0 Å². The Labute approximate surface area is 105 Å². The first-order valence-electron chi connectivity index (χ1n) is 4.96. The summed E-state index contributed by atoms with van der Waals surface area (Å²) in [6.45, 7) is 6.33. The molecule has 3 nitrogen and oxygen atoms in total. The second-order valence-electron chi connectivity index (χ2n) is 3.96. The quantitative estimate of drug-likeness (QED) is 0.580. The first kappa shape index (κ1) is 12.4. The van der Waals surface area contributed by atoms with Gasteiger partial charge in [-0.1, -0.05) is 13.8 Å². The maximum absolute atomic E-state index is 6.01. The zero-order chi connectivity index (χ0) is 11.7. The van der Waals surface area contributed by atoms with Crippen molar-refractivity contribution in [3.63, 3.8) is 0 Å². The number of anilines is 3. The summed E-state index contributed by atoms with van der Waals surface area (Å²) in [6, 6.07) is 0. The highest BCUT2D eigenvalue weighted by atomic mass is 127. The average molecular weight is 319 g/mol. The molecule has 0 aliphatic carbocycles. The van der Waals surface area contributed by atoms with Crippen molar-refractivity contribution in [3.8, 4) is 0 Å². The highest BCUT2D eigenvalue weighted by Gasteiger charge is 2.18. The van der Waals surface area contributed by atoms with Gasteiger partial charge in [-0.3, -0.25) is 0 Å². The van der Waals surface area contributed by atoms with Crippen LogP contribution in [0.25, 0.3) is 0 Å². The number of nitrogens with one attached hydrogen (secondary N) is 1. The molecule has 0 amide bonds. The van der Waals surface area contributed by atoms with Crippen molar-refractivity contribution in [2.45, 2.75) is 26.7 Å². The van der Waals surface area contributed by atoms with Gasteiger partial charge in [0.25, 0.3) is 0 Å². The Balaban J connectivity index is 3.62. The predicted octanol–water partition coefficient (Wildman–Crippen LogP) is 2.93. The smallest absolute Gasteiger partial charge is 0.0789 e. The number of nitrogen functional groups attached to an aromatic ring is 2. The van der Waals surface area contributed by atoms with Crippen LogP contribution in [0.4, 0.5) is 17.1 Å². The fraction of sp³-hybridized carbons (Fsp3) is 0.455. The highest BCUT2D eigenvalue weighted by Crippen LogP contribution is 2.40. The molecule has 0 heterocycles. The maximum atomic E-state index is 6.01. The molecule has 5 N–H and O–H groups in total. The van der Waals surface area contributed by atoms with Gasteiger partial charge in [0.1, 0.15) is 0 Å². The summed E-state index contributed by atoms with van der Waals surface area (Å²) in [7, 11) is 1.88. The Hall–Kier alpha value is -0.650. The zero-order valence-corrected chi connectivity index (χ0v) is 11.8. The van der Waals surface area contributed by atoms with E-state index in [1.165, 1.54) is 9.13 Å². The van der Waals surface area contributed by atoms with Crippen molar-refractivity contribution >= 4 is 39.7 Å². The van der Waals surface area contributed by atoms with Crippen LogP contribution in [-0.2, 0) is 0 Å². The average Bonchev–Trinajstić information content (AvgIpc) is 2.19. The minimum Gasteiger partial charge on any atom is -0.397 e. The van der Waals surface area contributed by atoms with Gasteiger partial charge in [-0.05, 0) is 46.6 Å². The van der Waals surface area contributed by atoms with E-state index in [0.29, 0.717) is 17.3 Å². The number of nitrogens with two attached hydrogens (primary N) is 2. The van der Waals surface area contributed by atoms with Gasteiger partial charge in [-0.15, -0.1) is 0 Å². The molecule has 0 spiro atoms. The van der Waals surface area contributed by atoms with Crippen LogP contribution >= 0.6 is 22.6 Å². The van der Waals surface area contributed by atoms with E-state index in [1.807, 2.05) is 14.0 Å². The molecule has 15 heavy (non-hydrogen) atoms. The summed E-state index contributed by atoms with van der Waals surface area (Å²) >= 11 is 2.34. The molecule has 1 rings (SSSR count). The number of benzene rings is 1. The van der Waals surface area contributed by atoms with Crippen molar-refractivity contribution in [1.29, 1.82) is 0 Å². The van der Waals surface area contributed by atoms with E-state index in [-0.39, 0.29) is 0 Å². The first-order chi connectivity index (χ1) is 6.91. The SMILES string of the molecule is CNc1c(N)c(N)c(C)c(I)c1C(C)C. The lowest BCUT2D eigenvalue weighted by Gasteiger charge is -2.21. The van der Waals surface area contributed by atoms with E-state index in [0.717, 1.165) is 11.3 Å². The standard InChI is InChI=1S/C11H18IN3/c1-5(2)7-8(12)6(3)9(13)10(14)11(7)15-4/h5,15H,13-14H2,1-4H3. The third kappa shape index (κ3) is 2.00. The fourth-order valence-electron chi connectivity index (χ4n) is 1.72. The largest absolute Gasteiger partial charge is 0.397 e. The number of halogens is 1. The summed E-state index contributed by atoms with van der Waals surface area (Å²) in [4.78, 5) is 0. The third-order valence-electron chi connectivity index (χ3n) is 2.63. The molecular formula is C11H18IN3. The van der Waals surface area contributed by atoms with Crippen LogP contribution in [0, 0.1) is 10.5 Å². The molecule has 0 saturated heterocycles. The van der Waals surface area contributed by atoms with Crippen LogP contribution in [-0.4, -0.2) is 7.05 Å². The molecule has 4 heteroatoms. The van der Waals surface area contributed by atoms with Gasteiger partial charge in [-0.2, -0.15) is 0 Å². The van der Waals surface area contributed by atoms with Crippen LogP contribution in [0.2, 0.25) is 0 Å². The van der Waals surface area contributed by atoms with Gasteiger partial charge in [0.15, 0.2) is 0 Å². The molecule has 0 aliphatic rings. The summed E-state index contributed by atoms with van der Waals surface area (Å²) < 4.78 is 1.21. The Morgan fingerprint density at radius 2 is 1.73 bits per heavy atom. The highest BCUT2D eigenvalue weighted by molar-refractivity contribution is 14.1. The molecule has 0 bridgehead atoms. The van der Waals surface area contributed by atoms with Gasteiger partial charge < -0.3 is 16.8 Å². The van der Waals surface area contributed by atoms with Crippen LogP contribution in [0.5, 0.6) is 0 Å².